The zero-order valence-corrected chi connectivity index (χ0v) is 8.70. The predicted octanol–water partition coefficient (Wildman–Crippen LogP) is 2.15. The van der Waals surface area contributed by atoms with Gasteiger partial charge >= 0.3 is 0 Å². The highest BCUT2D eigenvalue weighted by atomic mass is 16.5. The van der Waals surface area contributed by atoms with Crippen molar-refractivity contribution in [1.82, 2.24) is 0 Å². The fourth-order valence-electron chi connectivity index (χ4n) is 1.56. The smallest absolute Gasteiger partial charge is 0.130 e. The normalized spacial score (nSPS) is 14.9. The van der Waals surface area contributed by atoms with Crippen molar-refractivity contribution in [3.8, 4) is 5.75 Å². The van der Waals surface area contributed by atoms with Gasteiger partial charge in [-0.1, -0.05) is 25.0 Å². The van der Waals surface area contributed by atoms with Gasteiger partial charge in [0.25, 0.3) is 0 Å². The summed E-state index contributed by atoms with van der Waals surface area (Å²) in [5, 5.41) is 7.41. The van der Waals surface area contributed by atoms with E-state index in [0.29, 0.717) is 5.56 Å². The molecule has 0 unspecified atom stereocenters. The third-order valence-electron chi connectivity index (χ3n) is 2.66. The second-order valence-corrected chi connectivity index (χ2v) is 3.99. The molecule has 0 spiro atoms. The second kappa shape index (κ2) is 4.34. The Morgan fingerprint density at radius 3 is 2.80 bits per heavy atom. The Balaban J connectivity index is 1.95. The summed E-state index contributed by atoms with van der Waals surface area (Å²) >= 11 is 0. The van der Waals surface area contributed by atoms with Gasteiger partial charge < -0.3 is 10.5 Å². The molecule has 2 rings (SSSR count). The lowest BCUT2D eigenvalue weighted by Gasteiger charge is -2.09. The second-order valence-electron chi connectivity index (χ2n) is 3.99. The van der Waals surface area contributed by atoms with Crippen molar-refractivity contribution in [2.45, 2.75) is 19.3 Å². The molecule has 0 aliphatic heterocycles. The molecule has 0 atom stereocenters. The minimum absolute atomic E-state index is 0.0667. The summed E-state index contributed by atoms with van der Waals surface area (Å²) in [6.07, 6.45) is 3.81. The van der Waals surface area contributed by atoms with Crippen LogP contribution in [0, 0.1) is 11.3 Å². The molecule has 0 aromatic heterocycles. The summed E-state index contributed by atoms with van der Waals surface area (Å²) in [4.78, 5) is 0. The van der Waals surface area contributed by atoms with E-state index in [4.69, 9.17) is 15.9 Å². The molecule has 0 bridgehead atoms. The highest BCUT2D eigenvalue weighted by Crippen LogP contribution is 2.32. The number of para-hydroxylation sites is 1. The van der Waals surface area contributed by atoms with Crippen molar-refractivity contribution in [3.63, 3.8) is 0 Å². The Bertz CT molecular complexity index is 358. The van der Waals surface area contributed by atoms with Gasteiger partial charge in [-0.05, 0) is 24.5 Å². The van der Waals surface area contributed by atoms with Gasteiger partial charge in [-0.2, -0.15) is 0 Å². The van der Waals surface area contributed by atoms with E-state index < -0.39 is 0 Å². The maximum atomic E-state index is 7.41. The van der Waals surface area contributed by atoms with Gasteiger partial charge in [0.05, 0.1) is 12.2 Å². The van der Waals surface area contributed by atoms with Gasteiger partial charge in [-0.15, -0.1) is 0 Å². The van der Waals surface area contributed by atoms with E-state index in [0.717, 1.165) is 24.7 Å². The topological polar surface area (TPSA) is 59.1 Å². The number of amidine groups is 1. The molecule has 1 aliphatic rings. The summed E-state index contributed by atoms with van der Waals surface area (Å²) in [6, 6.07) is 7.45. The first-order valence-electron chi connectivity index (χ1n) is 5.33. The number of rotatable bonds is 5. The fourth-order valence-corrected chi connectivity index (χ4v) is 1.56. The van der Waals surface area contributed by atoms with Crippen LogP contribution >= 0.6 is 0 Å². The SMILES string of the molecule is N=C(N)c1ccccc1OCCC1CC1. The summed E-state index contributed by atoms with van der Waals surface area (Å²) < 4.78 is 5.63. The van der Waals surface area contributed by atoms with Crippen molar-refractivity contribution in [2.24, 2.45) is 11.7 Å². The van der Waals surface area contributed by atoms with Crippen LogP contribution in [0.1, 0.15) is 24.8 Å². The third-order valence-corrected chi connectivity index (χ3v) is 2.66. The van der Waals surface area contributed by atoms with Crippen LogP contribution in [0.15, 0.2) is 24.3 Å². The first-order valence-corrected chi connectivity index (χ1v) is 5.33. The number of benzene rings is 1. The van der Waals surface area contributed by atoms with Crippen molar-refractivity contribution in [3.05, 3.63) is 29.8 Å². The van der Waals surface area contributed by atoms with Crippen molar-refractivity contribution < 1.29 is 4.74 Å². The minimum Gasteiger partial charge on any atom is -0.493 e. The molecule has 3 nitrogen and oxygen atoms in total. The Hall–Kier alpha value is -1.51. The molecule has 0 heterocycles. The van der Waals surface area contributed by atoms with Gasteiger partial charge in [0.2, 0.25) is 0 Å². The van der Waals surface area contributed by atoms with Gasteiger partial charge in [-0.3, -0.25) is 5.41 Å². The highest BCUT2D eigenvalue weighted by Gasteiger charge is 2.20. The molecule has 0 saturated heterocycles. The van der Waals surface area contributed by atoms with E-state index in [9.17, 15) is 0 Å². The lowest BCUT2D eigenvalue weighted by molar-refractivity contribution is 0.302. The molecule has 1 fully saturated rings. The quantitative estimate of drug-likeness (QED) is 0.570. The van der Waals surface area contributed by atoms with Crippen LogP contribution < -0.4 is 10.5 Å². The first kappa shape index (κ1) is 10.0. The molecule has 1 aromatic carbocycles. The van der Waals surface area contributed by atoms with Crippen LogP contribution in [0.3, 0.4) is 0 Å². The van der Waals surface area contributed by atoms with Crippen LogP contribution in [0.25, 0.3) is 0 Å². The molecule has 0 amide bonds. The molecular formula is C12H16N2O. The van der Waals surface area contributed by atoms with Crippen LogP contribution in [0.5, 0.6) is 5.75 Å². The standard InChI is InChI=1S/C12H16N2O/c13-12(14)10-3-1-2-4-11(10)15-8-7-9-5-6-9/h1-4,9H,5-8H2,(H3,13,14). The maximum Gasteiger partial charge on any atom is 0.130 e. The zero-order chi connectivity index (χ0) is 10.7. The first-order chi connectivity index (χ1) is 7.27. The van der Waals surface area contributed by atoms with Crippen molar-refractivity contribution >= 4 is 5.84 Å². The lowest BCUT2D eigenvalue weighted by atomic mass is 10.2. The van der Waals surface area contributed by atoms with Crippen molar-refractivity contribution in [1.29, 1.82) is 5.41 Å². The van der Waals surface area contributed by atoms with E-state index in [1.165, 1.54) is 12.8 Å². The van der Waals surface area contributed by atoms with Crippen molar-refractivity contribution in [2.75, 3.05) is 6.61 Å². The van der Waals surface area contributed by atoms with E-state index in [-0.39, 0.29) is 5.84 Å². The average molecular weight is 204 g/mol. The average Bonchev–Trinajstić information content (AvgIpc) is 3.02. The third kappa shape index (κ3) is 2.72. The number of hydrogen-bond donors (Lipinski definition) is 2. The number of ether oxygens (including phenoxy) is 1. The van der Waals surface area contributed by atoms with Gasteiger partial charge in [0, 0.05) is 0 Å². The van der Waals surface area contributed by atoms with E-state index in [2.05, 4.69) is 0 Å². The van der Waals surface area contributed by atoms with Crippen LogP contribution in [0.4, 0.5) is 0 Å². The number of nitrogen functional groups attached to an aromatic ring is 1. The molecule has 0 radical (unpaired) electrons. The molecule has 3 heteroatoms. The molecule has 1 saturated carbocycles. The monoisotopic (exact) mass is 204 g/mol. The minimum atomic E-state index is 0.0667. The van der Waals surface area contributed by atoms with Crippen LogP contribution in [0.2, 0.25) is 0 Å². The van der Waals surface area contributed by atoms with Crippen LogP contribution in [-0.4, -0.2) is 12.4 Å². The molecule has 15 heavy (non-hydrogen) atoms. The van der Waals surface area contributed by atoms with E-state index in [1.807, 2.05) is 24.3 Å². The maximum absolute atomic E-state index is 7.41. The summed E-state index contributed by atoms with van der Waals surface area (Å²) in [7, 11) is 0. The Morgan fingerprint density at radius 1 is 1.40 bits per heavy atom. The fraction of sp³-hybridized carbons (Fsp3) is 0.417. The summed E-state index contributed by atoms with van der Waals surface area (Å²) in [5.41, 5.74) is 6.15. The Kier molecular flexibility index (Phi) is 2.90. The van der Waals surface area contributed by atoms with E-state index in [1.54, 1.807) is 0 Å². The Labute approximate surface area is 89.8 Å². The Morgan fingerprint density at radius 2 is 2.13 bits per heavy atom. The molecule has 3 N–H and O–H groups in total. The summed E-state index contributed by atoms with van der Waals surface area (Å²) in [6.45, 7) is 0.731. The number of nitrogens with two attached hydrogens (primary N) is 1. The van der Waals surface area contributed by atoms with Crippen LogP contribution in [-0.2, 0) is 0 Å². The zero-order valence-electron chi connectivity index (χ0n) is 8.70. The predicted molar refractivity (Wildman–Crippen MR) is 60.3 cm³/mol. The molecule has 1 aliphatic carbocycles. The lowest BCUT2D eigenvalue weighted by Crippen LogP contribution is -2.13. The largest absolute Gasteiger partial charge is 0.493 e. The van der Waals surface area contributed by atoms with Gasteiger partial charge in [0.15, 0.2) is 0 Å². The number of hydrogen-bond acceptors (Lipinski definition) is 2. The van der Waals surface area contributed by atoms with E-state index >= 15 is 0 Å². The molecular weight excluding hydrogens is 188 g/mol. The molecule has 80 valence electrons. The summed E-state index contributed by atoms with van der Waals surface area (Å²) in [5.74, 6) is 1.66. The number of nitrogens with one attached hydrogen (secondary N) is 1. The van der Waals surface area contributed by atoms with Gasteiger partial charge in [0.1, 0.15) is 11.6 Å². The highest BCUT2D eigenvalue weighted by molar-refractivity contribution is 5.97. The van der Waals surface area contributed by atoms with Gasteiger partial charge in [-0.25, -0.2) is 0 Å². The molecule has 1 aromatic rings.